The minimum absolute atomic E-state index is 0.0196. The van der Waals surface area contributed by atoms with Crippen LogP contribution < -0.4 is 10.1 Å². The standard InChI is InChI=1S/C31H39N3O3S/c1-6-23(5)34(31(36)32-25-11-7-22(4)8-12-25)19-30(35)33-17-15-29-27(16-18-38-29)28(33)20-37-26-13-9-24(10-14-26)21(2)3/h7-14,16,18,21,23,28H,6,15,17,19-20H2,1-5H3,(H,32,36)/t23-,28-/m0/s1. The predicted octanol–water partition coefficient (Wildman–Crippen LogP) is 7.02. The molecule has 0 spiro atoms. The maximum atomic E-state index is 13.8. The van der Waals surface area contributed by atoms with Crippen molar-refractivity contribution in [1.82, 2.24) is 9.80 Å². The molecule has 2 aromatic carbocycles. The van der Waals surface area contributed by atoms with E-state index in [1.807, 2.05) is 62.1 Å². The second kappa shape index (κ2) is 12.5. The lowest BCUT2D eigenvalue weighted by atomic mass is 10.00. The third kappa shape index (κ3) is 6.57. The van der Waals surface area contributed by atoms with Crippen molar-refractivity contribution in [1.29, 1.82) is 0 Å². The summed E-state index contributed by atoms with van der Waals surface area (Å²) in [6.45, 7) is 11.4. The van der Waals surface area contributed by atoms with Crippen molar-refractivity contribution in [3.8, 4) is 5.75 Å². The summed E-state index contributed by atoms with van der Waals surface area (Å²) >= 11 is 1.73. The monoisotopic (exact) mass is 533 g/mol. The molecule has 7 heteroatoms. The number of nitrogens with zero attached hydrogens (tertiary/aromatic N) is 2. The number of aryl methyl sites for hydroxylation is 1. The van der Waals surface area contributed by atoms with Gasteiger partial charge in [0.2, 0.25) is 5.91 Å². The Labute approximate surface area is 230 Å². The summed E-state index contributed by atoms with van der Waals surface area (Å²) in [5.74, 6) is 1.19. The van der Waals surface area contributed by atoms with Crippen LogP contribution in [0.4, 0.5) is 10.5 Å². The molecule has 0 saturated carbocycles. The number of nitrogens with one attached hydrogen (secondary N) is 1. The molecule has 0 fully saturated rings. The topological polar surface area (TPSA) is 61.9 Å². The summed E-state index contributed by atoms with van der Waals surface area (Å²) in [5, 5.41) is 5.05. The lowest BCUT2D eigenvalue weighted by Crippen LogP contribution is -2.50. The molecule has 0 radical (unpaired) electrons. The number of amides is 3. The number of rotatable bonds is 9. The molecule has 3 amide bonds. The summed E-state index contributed by atoms with van der Waals surface area (Å²) < 4.78 is 6.21. The van der Waals surface area contributed by atoms with Crippen molar-refractivity contribution in [3.63, 3.8) is 0 Å². The highest BCUT2D eigenvalue weighted by molar-refractivity contribution is 7.10. The van der Waals surface area contributed by atoms with E-state index in [1.165, 1.54) is 10.4 Å². The first kappa shape index (κ1) is 27.7. The van der Waals surface area contributed by atoms with Crippen LogP contribution in [0.5, 0.6) is 5.75 Å². The predicted molar refractivity (Wildman–Crippen MR) is 155 cm³/mol. The van der Waals surface area contributed by atoms with E-state index >= 15 is 0 Å². The fraction of sp³-hybridized carbons (Fsp3) is 0.419. The minimum atomic E-state index is -0.261. The van der Waals surface area contributed by atoms with Gasteiger partial charge in [-0.1, -0.05) is 50.6 Å². The molecule has 2 atom stereocenters. The smallest absolute Gasteiger partial charge is 0.322 e. The molecule has 0 unspecified atom stereocenters. The molecule has 1 aliphatic rings. The molecule has 202 valence electrons. The molecular formula is C31H39N3O3S. The summed E-state index contributed by atoms with van der Waals surface area (Å²) in [6, 6.07) is 17.4. The molecule has 1 aliphatic heterocycles. The van der Waals surface area contributed by atoms with E-state index in [-0.39, 0.29) is 30.6 Å². The van der Waals surface area contributed by atoms with Crippen molar-refractivity contribution in [2.24, 2.45) is 0 Å². The molecule has 1 N–H and O–H groups in total. The Morgan fingerprint density at radius 2 is 1.79 bits per heavy atom. The number of fused-ring (bicyclic) bond motifs is 1. The maximum absolute atomic E-state index is 13.8. The quantitative estimate of drug-likeness (QED) is 0.322. The van der Waals surface area contributed by atoms with Crippen LogP contribution in [0.2, 0.25) is 0 Å². The number of urea groups is 1. The van der Waals surface area contributed by atoms with Crippen LogP contribution in [0.1, 0.15) is 67.6 Å². The number of carbonyl (C=O) groups is 2. The van der Waals surface area contributed by atoms with Crippen LogP contribution >= 0.6 is 11.3 Å². The number of hydrogen-bond acceptors (Lipinski definition) is 4. The number of benzene rings is 2. The van der Waals surface area contributed by atoms with Crippen molar-refractivity contribution in [3.05, 3.63) is 81.5 Å². The van der Waals surface area contributed by atoms with Gasteiger partial charge in [-0.15, -0.1) is 11.3 Å². The SMILES string of the molecule is CC[C@H](C)N(CC(=O)N1CCc2sccc2[C@@H]1COc1ccc(C(C)C)cc1)C(=O)Nc1ccc(C)cc1. The van der Waals surface area contributed by atoms with Crippen LogP contribution in [0, 0.1) is 6.92 Å². The van der Waals surface area contributed by atoms with Gasteiger partial charge in [0, 0.05) is 23.2 Å². The number of hydrogen-bond donors (Lipinski definition) is 1. The molecule has 0 aliphatic carbocycles. The molecular weight excluding hydrogens is 494 g/mol. The van der Waals surface area contributed by atoms with Crippen LogP contribution in [0.15, 0.2) is 60.0 Å². The molecule has 38 heavy (non-hydrogen) atoms. The molecule has 6 nitrogen and oxygen atoms in total. The molecule has 0 saturated heterocycles. The zero-order valence-electron chi connectivity index (χ0n) is 23.1. The Morgan fingerprint density at radius 3 is 2.45 bits per heavy atom. The zero-order chi connectivity index (χ0) is 27.2. The Bertz CT molecular complexity index is 1220. The van der Waals surface area contributed by atoms with Gasteiger partial charge in [0.1, 0.15) is 18.9 Å². The van der Waals surface area contributed by atoms with Gasteiger partial charge >= 0.3 is 6.03 Å². The molecule has 2 heterocycles. The molecule has 3 aromatic rings. The highest BCUT2D eigenvalue weighted by Gasteiger charge is 2.34. The van der Waals surface area contributed by atoms with E-state index in [1.54, 1.807) is 16.2 Å². The van der Waals surface area contributed by atoms with Gasteiger partial charge in [0.15, 0.2) is 0 Å². The Hall–Kier alpha value is -3.32. The Morgan fingerprint density at radius 1 is 1.08 bits per heavy atom. The summed E-state index contributed by atoms with van der Waals surface area (Å²) in [5.41, 5.74) is 4.25. The van der Waals surface area contributed by atoms with E-state index in [9.17, 15) is 9.59 Å². The van der Waals surface area contributed by atoms with Gasteiger partial charge in [-0.05, 0) is 79.4 Å². The third-order valence-corrected chi connectivity index (χ3v) is 8.36. The summed E-state index contributed by atoms with van der Waals surface area (Å²) in [4.78, 5) is 31.9. The zero-order valence-corrected chi connectivity index (χ0v) is 23.9. The molecule has 0 bridgehead atoms. The first-order valence-corrected chi connectivity index (χ1v) is 14.4. The van der Waals surface area contributed by atoms with Gasteiger partial charge < -0.3 is 19.9 Å². The summed E-state index contributed by atoms with van der Waals surface area (Å²) in [6.07, 6.45) is 1.57. The fourth-order valence-corrected chi connectivity index (χ4v) is 5.64. The van der Waals surface area contributed by atoms with Crippen molar-refractivity contribution in [2.45, 2.75) is 65.5 Å². The molecule has 4 rings (SSSR count). The van der Waals surface area contributed by atoms with E-state index in [4.69, 9.17) is 4.74 Å². The van der Waals surface area contributed by atoms with E-state index in [2.05, 4.69) is 42.7 Å². The Balaban J connectivity index is 1.49. The number of ether oxygens (including phenoxy) is 1. The van der Waals surface area contributed by atoms with E-state index in [0.29, 0.717) is 19.1 Å². The Kier molecular flexibility index (Phi) is 9.10. The van der Waals surface area contributed by atoms with Crippen molar-refractivity contribution >= 4 is 29.0 Å². The van der Waals surface area contributed by atoms with Crippen LogP contribution in [0.3, 0.4) is 0 Å². The average Bonchev–Trinajstić information content (AvgIpc) is 3.40. The van der Waals surface area contributed by atoms with Gasteiger partial charge in [-0.25, -0.2) is 4.79 Å². The highest BCUT2D eigenvalue weighted by Crippen LogP contribution is 2.34. The first-order chi connectivity index (χ1) is 18.3. The van der Waals surface area contributed by atoms with Gasteiger partial charge in [-0.2, -0.15) is 0 Å². The minimum Gasteiger partial charge on any atom is -0.491 e. The van der Waals surface area contributed by atoms with Gasteiger partial charge in [0.25, 0.3) is 0 Å². The first-order valence-electron chi connectivity index (χ1n) is 13.5. The number of anilines is 1. The largest absolute Gasteiger partial charge is 0.491 e. The number of carbonyl (C=O) groups excluding carboxylic acids is 2. The normalized spacial score (nSPS) is 15.6. The second-order valence-electron chi connectivity index (χ2n) is 10.4. The van der Waals surface area contributed by atoms with E-state index < -0.39 is 0 Å². The maximum Gasteiger partial charge on any atom is 0.322 e. The highest BCUT2D eigenvalue weighted by atomic mass is 32.1. The summed E-state index contributed by atoms with van der Waals surface area (Å²) in [7, 11) is 0. The van der Waals surface area contributed by atoms with Crippen LogP contribution in [-0.4, -0.2) is 47.5 Å². The van der Waals surface area contributed by atoms with Crippen molar-refractivity contribution in [2.75, 3.05) is 25.0 Å². The van der Waals surface area contributed by atoms with Crippen LogP contribution in [0.25, 0.3) is 0 Å². The van der Waals surface area contributed by atoms with Crippen LogP contribution in [-0.2, 0) is 11.2 Å². The lowest BCUT2D eigenvalue weighted by molar-refractivity contribution is -0.135. The fourth-order valence-electron chi connectivity index (χ4n) is 4.72. The van der Waals surface area contributed by atoms with Crippen molar-refractivity contribution < 1.29 is 14.3 Å². The number of thiophene rings is 1. The average molecular weight is 534 g/mol. The third-order valence-electron chi connectivity index (χ3n) is 7.36. The second-order valence-corrected chi connectivity index (χ2v) is 11.4. The lowest BCUT2D eigenvalue weighted by Gasteiger charge is -2.38. The van der Waals surface area contributed by atoms with Gasteiger partial charge in [0.05, 0.1) is 6.04 Å². The molecule has 1 aromatic heterocycles. The van der Waals surface area contributed by atoms with Gasteiger partial charge in [-0.3, -0.25) is 4.79 Å². The van der Waals surface area contributed by atoms with E-state index in [0.717, 1.165) is 35.4 Å².